The van der Waals surface area contributed by atoms with Gasteiger partial charge in [0.05, 0.1) is 6.04 Å². The minimum Gasteiger partial charge on any atom is -0.346 e. The first kappa shape index (κ1) is 16.8. The van der Waals surface area contributed by atoms with Crippen LogP contribution in [0.15, 0.2) is 0 Å². The number of rotatable bonds is 7. The zero-order valence-electron chi connectivity index (χ0n) is 12.2. The normalized spacial score (nSPS) is 12.9. The van der Waals surface area contributed by atoms with Gasteiger partial charge in [0.15, 0.2) is 5.78 Å². The van der Waals surface area contributed by atoms with E-state index < -0.39 is 6.04 Å². The topological polar surface area (TPSA) is 63.2 Å². The van der Waals surface area contributed by atoms with Gasteiger partial charge in [-0.25, -0.2) is 0 Å². The Morgan fingerprint density at radius 3 is 1.67 bits per heavy atom. The Bertz CT molecular complexity index is 297. The molecule has 0 saturated heterocycles. The quantitative estimate of drug-likeness (QED) is 0.756. The van der Waals surface area contributed by atoms with E-state index in [0.29, 0.717) is 0 Å². The molecule has 1 amide bonds. The summed E-state index contributed by atoms with van der Waals surface area (Å²) in [4.78, 5) is 35.4. The van der Waals surface area contributed by atoms with Gasteiger partial charge in [-0.15, -0.1) is 0 Å². The molecule has 0 aromatic carbocycles. The Morgan fingerprint density at radius 2 is 1.33 bits per heavy atom. The van der Waals surface area contributed by atoms with Crippen LogP contribution in [-0.4, -0.2) is 23.5 Å². The van der Waals surface area contributed by atoms with Gasteiger partial charge in [0.25, 0.3) is 0 Å². The zero-order valence-corrected chi connectivity index (χ0v) is 12.2. The van der Waals surface area contributed by atoms with Crippen LogP contribution < -0.4 is 5.32 Å². The maximum Gasteiger partial charge on any atom is 0.223 e. The van der Waals surface area contributed by atoms with Gasteiger partial charge in [-0.3, -0.25) is 14.4 Å². The van der Waals surface area contributed by atoms with E-state index in [9.17, 15) is 14.4 Å². The van der Waals surface area contributed by atoms with Gasteiger partial charge in [0, 0.05) is 24.2 Å². The molecule has 0 aliphatic heterocycles. The van der Waals surface area contributed by atoms with Crippen LogP contribution in [0.3, 0.4) is 0 Å². The summed E-state index contributed by atoms with van der Waals surface area (Å²) in [6.07, 6.45) is 0.0904. The van der Waals surface area contributed by atoms with Crippen molar-refractivity contribution in [2.45, 2.75) is 54.0 Å². The Kier molecular flexibility index (Phi) is 6.81. The summed E-state index contributed by atoms with van der Waals surface area (Å²) in [5.41, 5.74) is 0. The van der Waals surface area contributed by atoms with E-state index in [1.54, 1.807) is 41.5 Å². The number of Topliss-reactive ketones (excluding diaryl/α,β-unsaturated/α-hetero) is 2. The Hall–Kier alpha value is -1.19. The number of hydrogen-bond donors (Lipinski definition) is 1. The average molecular weight is 255 g/mol. The number of hydrogen-bond acceptors (Lipinski definition) is 3. The van der Waals surface area contributed by atoms with Crippen LogP contribution in [0.1, 0.15) is 48.0 Å². The lowest BCUT2D eigenvalue weighted by Gasteiger charge is -2.21. The van der Waals surface area contributed by atoms with Gasteiger partial charge in [0.1, 0.15) is 5.78 Å². The molecule has 1 N–H and O–H groups in total. The summed E-state index contributed by atoms with van der Waals surface area (Å²) in [5, 5.41) is 2.67. The van der Waals surface area contributed by atoms with Gasteiger partial charge in [-0.1, -0.05) is 41.5 Å². The molecule has 1 atom stereocenters. The average Bonchev–Trinajstić information content (AvgIpc) is 2.26. The maximum absolute atomic E-state index is 12.0. The second-order valence-corrected chi connectivity index (χ2v) is 5.60. The Labute approximate surface area is 110 Å². The van der Waals surface area contributed by atoms with Crippen molar-refractivity contribution in [2.75, 3.05) is 0 Å². The first-order valence-corrected chi connectivity index (χ1v) is 6.53. The van der Waals surface area contributed by atoms with Crippen molar-refractivity contribution < 1.29 is 14.4 Å². The van der Waals surface area contributed by atoms with Crippen LogP contribution >= 0.6 is 0 Å². The summed E-state index contributed by atoms with van der Waals surface area (Å²) in [5.74, 6) is -0.783. The monoisotopic (exact) mass is 255 g/mol. The van der Waals surface area contributed by atoms with Gasteiger partial charge < -0.3 is 5.32 Å². The molecule has 0 radical (unpaired) electrons. The fraction of sp³-hybridized carbons (Fsp3) is 0.786. The summed E-state index contributed by atoms with van der Waals surface area (Å²) >= 11 is 0. The number of nitrogens with one attached hydrogen (secondary N) is 1. The van der Waals surface area contributed by atoms with Crippen molar-refractivity contribution in [2.24, 2.45) is 17.8 Å². The predicted molar refractivity (Wildman–Crippen MR) is 71.1 cm³/mol. The second kappa shape index (κ2) is 7.29. The van der Waals surface area contributed by atoms with Crippen molar-refractivity contribution >= 4 is 17.5 Å². The molecule has 0 aromatic heterocycles. The third-order valence-electron chi connectivity index (χ3n) is 2.80. The van der Waals surface area contributed by atoms with Crippen LogP contribution in [0.25, 0.3) is 0 Å². The lowest BCUT2D eigenvalue weighted by Crippen LogP contribution is -2.45. The molecular weight excluding hydrogens is 230 g/mol. The van der Waals surface area contributed by atoms with Crippen molar-refractivity contribution in [3.05, 3.63) is 0 Å². The van der Waals surface area contributed by atoms with Crippen molar-refractivity contribution in [1.82, 2.24) is 5.32 Å². The molecule has 0 fully saturated rings. The molecule has 0 aliphatic carbocycles. The number of carbonyl (C=O) groups is 3. The first-order valence-electron chi connectivity index (χ1n) is 6.53. The summed E-state index contributed by atoms with van der Waals surface area (Å²) in [7, 11) is 0. The SMILES string of the molecule is CC(C)C(=O)CC(NC(=O)C(C)C)C(=O)C(C)C. The highest BCUT2D eigenvalue weighted by Crippen LogP contribution is 2.09. The van der Waals surface area contributed by atoms with E-state index in [1.807, 2.05) is 0 Å². The molecule has 1 unspecified atom stereocenters. The molecule has 0 aliphatic rings. The van der Waals surface area contributed by atoms with Gasteiger partial charge >= 0.3 is 0 Å². The van der Waals surface area contributed by atoms with E-state index in [1.165, 1.54) is 0 Å². The largest absolute Gasteiger partial charge is 0.346 e. The van der Waals surface area contributed by atoms with E-state index in [0.717, 1.165) is 0 Å². The third-order valence-corrected chi connectivity index (χ3v) is 2.80. The number of amides is 1. The standard InChI is InChI=1S/C14H25NO3/c1-8(2)12(16)7-11(13(17)9(3)4)15-14(18)10(5)6/h8-11H,7H2,1-6H3,(H,15,18). The highest BCUT2D eigenvalue weighted by Gasteiger charge is 2.27. The fourth-order valence-corrected chi connectivity index (χ4v) is 1.40. The van der Waals surface area contributed by atoms with Crippen molar-refractivity contribution in [3.8, 4) is 0 Å². The summed E-state index contributed by atoms with van der Waals surface area (Å²) < 4.78 is 0. The van der Waals surface area contributed by atoms with Crippen LogP contribution in [0, 0.1) is 17.8 Å². The lowest BCUT2D eigenvalue weighted by atomic mass is 9.93. The maximum atomic E-state index is 12.0. The summed E-state index contributed by atoms with van der Waals surface area (Å²) in [6.45, 7) is 10.7. The third kappa shape index (κ3) is 5.43. The fourth-order valence-electron chi connectivity index (χ4n) is 1.40. The molecular formula is C14H25NO3. The molecule has 104 valence electrons. The lowest BCUT2D eigenvalue weighted by molar-refractivity contribution is -0.133. The smallest absolute Gasteiger partial charge is 0.223 e. The molecule has 0 bridgehead atoms. The molecule has 0 heterocycles. The first-order chi connectivity index (χ1) is 8.16. The number of carbonyl (C=O) groups excluding carboxylic acids is 3. The van der Waals surface area contributed by atoms with E-state index >= 15 is 0 Å². The molecule has 0 saturated carbocycles. The zero-order chi connectivity index (χ0) is 14.5. The molecule has 0 spiro atoms. The minimum absolute atomic E-state index is 0.00180. The van der Waals surface area contributed by atoms with Crippen molar-refractivity contribution in [3.63, 3.8) is 0 Å². The van der Waals surface area contributed by atoms with E-state index in [2.05, 4.69) is 5.32 Å². The highest BCUT2D eigenvalue weighted by atomic mass is 16.2. The van der Waals surface area contributed by atoms with Gasteiger partial charge in [-0.2, -0.15) is 0 Å². The Morgan fingerprint density at radius 1 is 0.833 bits per heavy atom. The molecule has 4 heteroatoms. The molecule has 0 aromatic rings. The van der Waals surface area contributed by atoms with Crippen LogP contribution in [0.2, 0.25) is 0 Å². The molecule has 4 nitrogen and oxygen atoms in total. The van der Waals surface area contributed by atoms with Crippen LogP contribution in [-0.2, 0) is 14.4 Å². The van der Waals surface area contributed by atoms with Crippen LogP contribution in [0.4, 0.5) is 0 Å². The van der Waals surface area contributed by atoms with Gasteiger partial charge in [-0.05, 0) is 0 Å². The van der Waals surface area contributed by atoms with E-state index in [-0.39, 0.29) is 41.6 Å². The number of ketones is 2. The summed E-state index contributed by atoms with van der Waals surface area (Å²) in [6, 6.07) is -0.685. The highest BCUT2D eigenvalue weighted by molar-refractivity contribution is 5.95. The Balaban J connectivity index is 4.79. The van der Waals surface area contributed by atoms with Gasteiger partial charge in [0.2, 0.25) is 5.91 Å². The second-order valence-electron chi connectivity index (χ2n) is 5.60. The minimum atomic E-state index is -0.685. The van der Waals surface area contributed by atoms with Crippen LogP contribution in [0.5, 0.6) is 0 Å². The predicted octanol–water partition coefficient (Wildman–Crippen LogP) is 1.97. The van der Waals surface area contributed by atoms with E-state index in [4.69, 9.17) is 0 Å². The van der Waals surface area contributed by atoms with Crippen molar-refractivity contribution in [1.29, 1.82) is 0 Å². The molecule has 18 heavy (non-hydrogen) atoms. The molecule has 0 rings (SSSR count).